The number of hydrogen-bond acceptors (Lipinski definition) is 2. The van der Waals surface area contributed by atoms with Crippen molar-refractivity contribution in [1.82, 2.24) is 9.55 Å². The smallest absolute Gasteiger partial charge is 0.122 e. The Balaban J connectivity index is 2.42. The highest BCUT2D eigenvalue weighted by molar-refractivity contribution is 5.95. The first kappa shape index (κ1) is 10.4. The van der Waals surface area contributed by atoms with E-state index in [0.29, 0.717) is 0 Å². The molecule has 82 valence electrons. The number of rotatable bonds is 2. The van der Waals surface area contributed by atoms with E-state index in [0.717, 1.165) is 22.6 Å². The largest absolute Gasteiger partial charge is 0.384 e. The van der Waals surface area contributed by atoms with Crippen molar-refractivity contribution in [2.24, 2.45) is 5.73 Å². The molecule has 1 aromatic heterocycles. The van der Waals surface area contributed by atoms with Gasteiger partial charge in [0, 0.05) is 16.9 Å². The fourth-order valence-corrected chi connectivity index (χ4v) is 1.56. The van der Waals surface area contributed by atoms with Crippen molar-refractivity contribution < 1.29 is 0 Å². The Labute approximate surface area is 94.2 Å². The summed E-state index contributed by atoms with van der Waals surface area (Å²) in [5.74, 6) is 0.0880. The lowest BCUT2D eigenvalue weighted by atomic mass is 10.2. The van der Waals surface area contributed by atoms with Gasteiger partial charge in [-0.3, -0.25) is 5.41 Å². The lowest BCUT2D eigenvalue weighted by Crippen LogP contribution is -2.10. The van der Waals surface area contributed by atoms with Gasteiger partial charge in [0.05, 0.1) is 12.0 Å². The van der Waals surface area contributed by atoms with Crippen LogP contribution >= 0.6 is 0 Å². The van der Waals surface area contributed by atoms with E-state index < -0.39 is 0 Å². The minimum Gasteiger partial charge on any atom is -0.384 e. The van der Waals surface area contributed by atoms with E-state index in [1.54, 1.807) is 6.33 Å². The van der Waals surface area contributed by atoms with Gasteiger partial charge in [-0.1, -0.05) is 0 Å². The third-order valence-corrected chi connectivity index (χ3v) is 2.71. The molecule has 2 aromatic rings. The summed E-state index contributed by atoms with van der Waals surface area (Å²) < 4.78 is 2.01. The molecule has 0 fully saturated rings. The topological polar surface area (TPSA) is 67.7 Å². The van der Waals surface area contributed by atoms with Crippen molar-refractivity contribution in [3.05, 3.63) is 47.5 Å². The van der Waals surface area contributed by atoms with Crippen molar-refractivity contribution in [2.45, 2.75) is 13.8 Å². The molecule has 0 saturated heterocycles. The van der Waals surface area contributed by atoms with Crippen LogP contribution < -0.4 is 5.73 Å². The van der Waals surface area contributed by atoms with Gasteiger partial charge in [-0.25, -0.2) is 4.98 Å². The molecule has 0 amide bonds. The first-order chi connectivity index (χ1) is 7.59. The van der Waals surface area contributed by atoms with Crippen LogP contribution in [-0.4, -0.2) is 15.4 Å². The first-order valence-corrected chi connectivity index (χ1v) is 5.05. The van der Waals surface area contributed by atoms with Crippen LogP contribution in [0.15, 0.2) is 30.6 Å². The van der Waals surface area contributed by atoms with Crippen molar-refractivity contribution in [1.29, 1.82) is 5.41 Å². The van der Waals surface area contributed by atoms with Gasteiger partial charge in [0.2, 0.25) is 0 Å². The Kier molecular flexibility index (Phi) is 2.48. The molecule has 0 saturated carbocycles. The van der Waals surface area contributed by atoms with E-state index in [-0.39, 0.29) is 5.84 Å². The van der Waals surface area contributed by atoms with E-state index in [4.69, 9.17) is 11.1 Å². The summed E-state index contributed by atoms with van der Waals surface area (Å²) in [5.41, 5.74) is 9.31. The lowest BCUT2D eigenvalue weighted by molar-refractivity contribution is 1.00. The zero-order chi connectivity index (χ0) is 11.7. The van der Waals surface area contributed by atoms with Crippen LogP contribution in [0.25, 0.3) is 5.69 Å². The average molecular weight is 214 g/mol. The predicted octanol–water partition coefficient (Wildman–Crippen LogP) is 1.77. The number of nitrogen functional groups attached to an aromatic ring is 1. The Hall–Kier alpha value is -2.10. The number of amidine groups is 1. The molecule has 2 rings (SSSR count). The molecule has 1 heterocycles. The van der Waals surface area contributed by atoms with Crippen molar-refractivity contribution in [3.63, 3.8) is 0 Å². The number of hydrogen-bond donors (Lipinski definition) is 2. The number of imidazole rings is 1. The Morgan fingerprint density at radius 1 is 1.25 bits per heavy atom. The molecule has 4 nitrogen and oxygen atoms in total. The number of aryl methyl sites for hydroxylation is 1. The summed E-state index contributed by atoms with van der Waals surface area (Å²) >= 11 is 0. The number of aromatic nitrogens is 2. The van der Waals surface area contributed by atoms with Gasteiger partial charge in [-0.2, -0.15) is 0 Å². The van der Waals surface area contributed by atoms with Crippen LogP contribution in [0.2, 0.25) is 0 Å². The van der Waals surface area contributed by atoms with E-state index in [9.17, 15) is 0 Å². The monoisotopic (exact) mass is 214 g/mol. The molecule has 0 aliphatic rings. The minimum absolute atomic E-state index is 0.0880. The molecule has 0 bridgehead atoms. The number of nitrogens with one attached hydrogen (secondary N) is 1. The second kappa shape index (κ2) is 3.81. The third kappa shape index (κ3) is 1.69. The van der Waals surface area contributed by atoms with E-state index >= 15 is 0 Å². The maximum absolute atomic E-state index is 7.32. The Morgan fingerprint density at radius 3 is 2.31 bits per heavy atom. The molecular formula is C12H14N4. The summed E-state index contributed by atoms with van der Waals surface area (Å²) in [7, 11) is 0. The van der Waals surface area contributed by atoms with Gasteiger partial charge in [0.15, 0.2) is 0 Å². The van der Waals surface area contributed by atoms with Crippen LogP contribution in [0.3, 0.4) is 0 Å². The molecule has 1 aromatic carbocycles. The summed E-state index contributed by atoms with van der Waals surface area (Å²) in [6, 6.07) is 7.55. The maximum atomic E-state index is 7.32. The predicted molar refractivity (Wildman–Crippen MR) is 64.1 cm³/mol. The summed E-state index contributed by atoms with van der Waals surface area (Å²) in [6.07, 6.45) is 1.80. The zero-order valence-corrected chi connectivity index (χ0v) is 9.36. The molecule has 0 unspecified atom stereocenters. The van der Waals surface area contributed by atoms with E-state index in [2.05, 4.69) is 4.98 Å². The van der Waals surface area contributed by atoms with Gasteiger partial charge < -0.3 is 10.3 Å². The minimum atomic E-state index is 0.0880. The van der Waals surface area contributed by atoms with Crippen LogP contribution in [0, 0.1) is 19.3 Å². The standard InChI is InChI=1S/C12H14N4/c1-8-9(2)16(7-15-8)11-5-3-10(4-6-11)12(13)14/h3-7H,1-2H3,(H3,13,14). The normalized spacial score (nSPS) is 10.4. The molecular weight excluding hydrogens is 200 g/mol. The van der Waals surface area contributed by atoms with Crippen LogP contribution in [0.5, 0.6) is 0 Å². The van der Waals surface area contributed by atoms with Crippen molar-refractivity contribution in [3.8, 4) is 5.69 Å². The summed E-state index contributed by atoms with van der Waals surface area (Å²) in [6.45, 7) is 4.01. The van der Waals surface area contributed by atoms with Gasteiger partial charge in [0.1, 0.15) is 5.84 Å². The summed E-state index contributed by atoms with van der Waals surface area (Å²) in [5, 5.41) is 7.32. The molecule has 4 heteroatoms. The van der Waals surface area contributed by atoms with Gasteiger partial charge in [0.25, 0.3) is 0 Å². The van der Waals surface area contributed by atoms with Gasteiger partial charge >= 0.3 is 0 Å². The quantitative estimate of drug-likeness (QED) is 0.591. The second-order valence-electron chi connectivity index (χ2n) is 3.75. The number of nitrogens with two attached hydrogens (primary N) is 1. The first-order valence-electron chi connectivity index (χ1n) is 5.05. The highest BCUT2D eigenvalue weighted by Crippen LogP contribution is 2.14. The fraction of sp³-hybridized carbons (Fsp3) is 0.167. The number of nitrogens with zero attached hydrogens (tertiary/aromatic N) is 2. The highest BCUT2D eigenvalue weighted by Gasteiger charge is 2.04. The average Bonchev–Trinajstić information content (AvgIpc) is 2.60. The molecule has 0 aliphatic carbocycles. The lowest BCUT2D eigenvalue weighted by Gasteiger charge is -2.06. The van der Waals surface area contributed by atoms with Crippen LogP contribution in [0.4, 0.5) is 0 Å². The maximum Gasteiger partial charge on any atom is 0.122 e. The van der Waals surface area contributed by atoms with E-state index in [1.165, 1.54) is 0 Å². The van der Waals surface area contributed by atoms with E-state index in [1.807, 2.05) is 42.7 Å². The fourth-order valence-electron chi connectivity index (χ4n) is 1.56. The molecule has 0 atom stereocenters. The van der Waals surface area contributed by atoms with Crippen LogP contribution in [0.1, 0.15) is 17.0 Å². The highest BCUT2D eigenvalue weighted by atomic mass is 15.1. The SMILES string of the molecule is Cc1ncn(-c2ccc(C(=N)N)cc2)c1C. The van der Waals surface area contributed by atoms with Crippen molar-refractivity contribution in [2.75, 3.05) is 0 Å². The molecule has 0 aliphatic heterocycles. The zero-order valence-electron chi connectivity index (χ0n) is 9.36. The summed E-state index contributed by atoms with van der Waals surface area (Å²) in [4.78, 5) is 4.25. The number of benzene rings is 1. The van der Waals surface area contributed by atoms with Crippen LogP contribution in [-0.2, 0) is 0 Å². The molecule has 0 spiro atoms. The second-order valence-corrected chi connectivity index (χ2v) is 3.75. The molecule has 0 radical (unpaired) electrons. The molecule has 16 heavy (non-hydrogen) atoms. The third-order valence-electron chi connectivity index (χ3n) is 2.71. The molecule has 3 N–H and O–H groups in total. The van der Waals surface area contributed by atoms with Gasteiger partial charge in [-0.15, -0.1) is 0 Å². The van der Waals surface area contributed by atoms with Crippen molar-refractivity contribution >= 4 is 5.84 Å². The Morgan fingerprint density at radius 2 is 1.88 bits per heavy atom. The Bertz CT molecular complexity index is 522. The van der Waals surface area contributed by atoms with Gasteiger partial charge in [-0.05, 0) is 38.1 Å².